The fourth-order valence-electron chi connectivity index (χ4n) is 2.06. The molecule has 0 aromatic heterocycles. The van der Waals surface area contributed by atoms with Crippen LogP contribution in [0.3, 0.4) is 0 Å². The zero-order valence-corrected chi connectivity index (χ0v) is 9.47. The van der Waals surface area contributed by atoms with Crippen LogP contribution in [0, 0.1) is 5.41 Å². The van der Waals surface area contributed by atoms with Crippen LogP contribution in [0.2, 0.25) is 0 Å². The molecule has 0 aromatic rings. The van der Waals surface area contributed by atoms with E-state index in [0.717, 1.165) is 6.61 Å². The minimum absolute atomic E-state index is 0.570. The average molecular weight is 185 g/mol. The predicted octanol–water partition coefficient (Wildman–Crippen LogP) is 2.14. The topological polar surface area (TPSA) is 12.5 Å². The van der Waals surface area contributed by atoms with Crippen LogP contribution in [0.4, 0.5) is 0 Å². The third-order valence-electron chi connectivity index (χ3n) is 3.39. The number of ether oxygens (including phenoxy) is 1. The van der Waals surface area contributed by atoms with Crippen molar-refractivity contribution in [3.8, 4) is 0 Å². The maximum atomic E-state index is 5.15. The Morgan fingerprint density at radius 3 is 2.38 bits per heavy atom. The molecular weight excluding hydrogens is 162 g/mol. The van der Waals surface area contributed by atoms with Crippen molar-refractivity contribution in [2.75, 3.05) is 26.8 Å². The summed E-state index contributed by atoms with van der Waals surface area (Å²) in [5.74, 6) is 0. The summed E-state index contributed by atoms with van der Waals surface area (Å²) in [4.78, 5) is 2.54. The maximum Gasteiger partial charge on any atom is 0.0468 e. The first-order valence-corrected chi connectivity index (χ1v) is 5.36. The van der Waals surface area contributed by atoms with Crippen molar-refractivity contribution >= 4 is 0 Å². The Hall–Kier alpha value is -0.0800. The van der Waals surface area contributed by atoms with Crippen LogP contribution in [0.1, 0.15) is 33.6 Å². The molecule has 0 aliphatic carbocycles. The van der Waals surface area contributed by atoms with E-state index >= 15 is 0 Å². The second kappa shape index (κ2) is 4.43. The van der Waals surface area contributed by atoms with Gasteiger partial charge in [-0.15, -0.1) is 0 Å². The van der Waals surface area contributed by atoms with E-state index in [1.807, 2.05) is 0 Å². The lowest BCUT2D eigenvalue weighted by Gasteiger charge is -2.52. The van der Waals surface area contributed by atoms with Crippen LogP contribution in [-0.2, 0) is 4.74 Å². The predicted molar refractivity (Wildman–Crippen MR) is 55.9 cm³/mol. The Morgan fingerprint density at radius 2 is 2.00 bits per heavy atom. The highest BCUT2D eigenvalue weighted by Gasteiger charge is 2.41. The molecule has 0 spiro atoms. The highest BCUT2D eigenvalue weighted by molar-refractivity contribution is 4.94. The van der Waals surface area contributed by atoms with E-state index in [1.54, 1.807) is 7.11 Å². The summed E-state index contributed by atoms with van der Waals surface area (Å²) in [6.07, 6.45) is 2.52. The molecule has 1 saturated heterocycles. The number of likely N-dealkylation sites (tertiary alicyclic amines) is 1. The van der Waals surface area contributed by atoms with Crippen molar-refractivity contribution in [1.29, 1.82) is 0 Å². The minimum Gasteiger partial charge on any atom is -0.385 e. The minimum atomic E-state index is 0.570. The molecule has 1 heterocycles. The maximum absolute atomic E-state index is 5.15. The Morgan fingerprint density at radius 1 is 1.38 bits per heavy atom. The molecule has 0 radical (unpaired) electrons. The molecule has 13 heavy (non-hydrogen) atoms. The second-order valence-electron chi connectivity index (χ2n) is 4.60. The fourth-order valence-corrected chi connectivity index (χ4v) is 2.06. The first kappa shape index (κ1) is 11.0. The van der Waals surface area contributed by atoms with Gasteiger partial charge < -0.3 is 4.74 Å². The monoisotopic (exact) mass is 185 g/mol. The summed E-state index contributed by atoms with van der Waals surface area (Å²) >= 11 is 0. The Balaban J connectivity index is 2.31. The molecule has 1 aliphatic rings. The summed E-state index contributed by atoms with van der Waals surface area (Å²) in [5, 5.41) is 0. The average Bonchev–Trinajstić information content (AvgIpc) is 2.03. The smallest absolute Gasteiger partial charge is 0.0468 e. The van der Waals surface area contributed by atoms with Crippen LogP contribution < -0.4 is 0 Å². The lowest BCUT2D eigenvalue weighted by Crippen LogP contribution is -2.58. The normalized spacial score (nSPS) is 21.9. The van der Waals surface area contributed by atoms with E-state index in [1.165, 1.54) is 25.9 Å². The zero-order valence-electron chi connectivity index (χ0n) is 9.47. The number of hydrogen-bond acceptors (Lipinski definition) is 2. The van der Waals surface area contributed by atoms with Crippen molar-refractivity contribution in [1.82, 2.24) is 4.90 Å². The zero-order chi connectivity index (χ0) is 9.90. The number of hydrogen-bond donors (Lipinski definition) is 0. The van der Waals surface area contributed by atoms with E-state index in [0.29, 0.717) is 11.5 Å². The summed E-state index contributed by atoms with van der Waals surface area (Å²) in [6, 6.07) is 0.710. The van der Waals surface area contributed by atoms with Gasteiger partial charge in [-0.05, 0) is 32.1 Å². The molecule has 1 aliphatic heterocycles. The van der Waals surface area contributed by atoms with Gasteiger partial charge in [-0.2, -0.15) is 0 Å². The van der Waals surface area contributed by atoms with Gasteiger partial charge in [0.2, 0.25) is 0 Å². The highest BCUT2D eigenvalue weighted by atomic mass is 16.5. The molecule has 78 valence electrons. The molecule has 0 bridgehead atoms. The third kappa shape index (κ3) is 2.44. The molecule has 0 unspecified atom stereocenters. The van der Waals surface area contributed by atoms with Crippen molar-refractivity contribution in [3.05, 3.63) is 0 Å². The molecule has 0 N–H and O–H groups in total. The van der Waals surface area contributed by atoms with Gasteiger partial charge in [0.05, 0.1) is 0 Å². The molecule has 0 saturated carbocycles. The highest BCUT2D eigenvalue weighted by Crippen LogP contribution is 2.38. The van der Waals surface area contributed by atoms with Crippen LogP contribution in [0.5, 0.6) is 0 Å². The van der Waals surface area contributed by atoms with Gasteiger partial charge in [-0.25, -0.2) is 0 Å². The molecule has 0 aromatic carbocycles. The molecule has 1 rings (SSSR count). The summed E-state index contributed by atoms with van der Waals surface area (Å²) < 4.78 is 5.15. The third-order valence-corrected chi connectivity index (χ3v) is 3.39. The van der Waals surface area contributed by atoms with Gasteiger partial charge in [0.25, 0.3) is 0 Å². The van der Waals surface area contributed by atoms with Crippen molar-refractivity contribution in [3.63, 3.8) is 0 Å². The quantitative estimate of drug-likeness (QED) is 0.650. The van der Waals surface area contributed by atoms with E-state index in [4.69, 9.17) is 4.74 Å². The fraction of sp³-hybridized carbons (Fsp3) is 1.00. The SMILES string of the molecule is CCC1(CCOC)CN(C(C)C)C1. The van der Waals surface area contributed by atoms with Gasteiger partial charge in [0, 0.05) is 32.8 Å². The largest absolute Gasteiger partial charge is 0.385 e. The Bertz CT molecular complexity index is 150. The Labute approximate surface area is 82.3 Å². The lowest BCUT2D eigenvalue weighted by molar-refractivity contribution is -0.0431. The van der Waals surface area contributed by atoms with Crippen LogP contribution in [0.25, 0.3) is 0 Å². The first-order chi connectivity index (χ1) is 6.13. The van der Waals surface area contributed by atoms with Gasteiger partial charge >= 0.3 is 0 Å². The lowest BCUT2D eigenvalue weighted by atomic mass is 9.74. The van der Waals surface area contributed by atoms with Crippen molar-refractivity contribution in [2.24, 2.45) is 5.41 Å². The summed E-state index contributed by atoms with van der Waals surface area (Å²) in [6.45, 7) is 10.3. The van der Waals surface area contributed by atoms with E-state index in [-0.39, 0.29) is 0 Å². The molecule has 0 amide bonds. The molecule has 0 atom stereocenters. The molecule has 2 nitrogen and oxygen atoms in total. The Kier molecular flexibility index (Phi) is 3.74. The van der Waals surface area contributed by atoms with Crippen LogP contribution >= 0.6 is 0 Å². The van der Waals surface area contributed by atoms with E-state index in [9.17, 15) is 0 Å². The number of methoxy groups -OCH3 is 1. The van der Waals surface area contributed by atoms with Gasteiger partial charge in [-0.3, -0.25) is 4.90 Å². The number of nitrogens with zero attached hydrogens (tertiary/aromatic N) is 1. The van der Waals surface area contributed by atoms with Gasteiger partial charge in [0.1, 0.15) is 0 Å². The standard InChI is InChI=1S/C11H23NO/c1-5-11(6-7-13-4)8-12(9-11)10(2)3/h10H,5-9H2,1-4H3. The summed E-state index contributed by atoms with van der Waals surface area (Å²) in [7, 11) is 1.79. The molecule has 1 fully saturated rings. The van der Waals surface area contributed by atoms with Crippen molar-refractivity contribution < 1.29 is 4.74 Å². The van der Waals surface area contributed by atoms with E-state index in [2.05, 4.69) is 25.7 Å². The van der Waals surface area contributed by atoms with Gasteiger partial charge in [0.15, 0.2) is 0 Å². The number of rotatable bonds is 5. The first-order valence-electron chi connectivity index (χ1n) is 5.36. The molecular formula is C11H23NO. The van der Waals surface area contributed by atoms with Crippen LogP contribution in [-0.4, -0.2) is 37.7 Å². The second-order valence-corrected chi connectivity index (χ2v) is 4.60. The van der Waals surface area contributed by atoms with Gasteiger partial charge in [-0.1, -0.05) is 6.92 Å². The van der Waals surface area contributed by atoms with Crippen molar-refractivity contribution in [2.45, 2.75) is 39.7 Å². The van der Waals surface area contributed by atoms with E-state index < -0.39 is 0 Å². The van der Waals surface area contributed by atoms with Crippen LogP contribution in [0.15, 0.2) is 0 Å². The molecule has 2 heteroatoms. The summed E-state index contributed by atoms with van der Waals surface area (Å²) in [5.41, 5.74) is 0.570.